The molecule has 1 aromatic heterocycles. The summed E-state index contributed by atoms with van der Waals surface area (Å²) < 4.78 is 5.80. The van der Waals surface area contributed by atoms with E-state index in [1.165, 1.54) is 6.42 Å². The van der Waals surface area contributed by atoms with Crippen molar-refractivity contribution in [2.45, 2.75) is 19.8 Å². The first-order chi connectivity index (χ1) is 10.2. The maximum absolute atomic E-state index is 12.8. The van der Waals surface area contributed by atoms with Gasteiger partial charge in [0.25, 0.3) is 5.91 Å². The number of fused-ring (bicyclic) bond motifs is 1. The third kappa shape index (κ3) is 2.68. The zero-order valence-corrected chi connectivity index (χ0v) is 12.7. The lowest BCUT2D eigenvalue weighted by molar-refractivity contribution is 0.0643. The van der Waals surface area contributed by atoms with Crippen LogP contribution in [0.5, 0.6) is 0 Å². The highest BCUT2D eigenvalue weighted by Gasteiger charge is 2.27. The van der Waals surface area contributed by atoms with Gasteiger partial charge in [-0.1, -0.05) is 18.2 Å². The van der Waals surface area contributed by atoms with Crippen LogP contribution in [0.3, 0.4) is 0 Å². The van der Waals surface area contributed by atoms with E-state index in [0.717, 1.165) is 42.6 Å². The Morgan fingerprint density at radius 3 is 3.00 bits per heavy atom. The molecule has 1 aliphatic rings. The van der Waals surface area contributed by atoms with Gasteiger partial charge >= 0.3 is 0 Å². The van der Waals surface area contributed by atoms with Crippen molar-refractivity contribution >= 4 is 16.9 Å². The first-order valence-electron chi connectivity index (χ1n) is 7.62. The summed E-state index contributed by atoms with van der Waals surface area (Å²) >= 11 is 0. The van der Waals surface area contributed by atoms with E-state index in [9.17, 15) is 4.79 Å². The van der Waals surface area contributed by atoms with Crippen LogP contribution in [0.15, 0.2) is 28.7 Å². The van der Waals surface area contributed by atoms with Crippen LogP contribution in [0.1, 0.15) is 29.0 Å². The van der Waals surface area contributed by atoms with Crippen LogP contribution in [0, 0.1) is 12.8 Å². The van der Waals surface area contributed by atoms with Gasteiger partial charge in [-0.2, -0.15) is 0 Å². The number of benzene rings is 1. The second kappa shape index (κ2) is 5.90. The van der Waals surface area contributed by atoms with E-state index in [4.69, 9.17) is 4.42 Å². The molecule has 0 spiro atoms. The molecular formula is C17H22N2O2. The van der Waals surface area contributed by atoms with Crippen LogP contribution in [0.25, 0.3) is 11.0 Å². The summed E-state index contributed by atoms with van der Waals surface area (Å²) in [7, 11) is 1.96. The smallest absolute Gasteiger partial charge is 0.289 e. The van der Waals surface area contributed by atoms with E-state index >= 15 is 0 Å². The second-order valence-corrected chi connectivity index (χ2v) is 5.87. The van der Waals surface area contributed by atoms with Crippen molar-refractivity contribution in [3.05, 3.63) is 35.6 Å². The minimum atomic E-state index is 0.0319. The Hall–Kier alpha value is -1.81. The molecule has 1 fully saturated rings. The lowest BCUT2D eigenvalue weighted by atomic mass is 9.97. The summed E-state index contributed by atoms with van der Waals surface area (Å²) in [6.45, 7) is 4.57. The third-order valence-electron chi connectivity index (χ3n) is 4.34. The fourth-order valence-electron chi connectivity index (χ4n) is 3.23. The van der Waals surface area contributed by atoms with Gasteiger partial charge in [0.1, 0.15) is 5.58 Å². The SMILES string of the molecule is CNCC1CCCN(C(=O)c2oc3ccccc3c2C)C1. The summed E-state index contributed by atoms with van der Waals surface area (Å²) in [5.41, 5.74) is 1.74. The molecule has 1 atom stereocenters. The first kappa shape index (κ1) is 14.1. The van der Waals surface area contributed by atoms with Gasteiger partial charge in [-0.3, -0.25) is 4.79 Å². The number of aryl methyl sites for hydroxylation is 1. The molecule has 0 aliphatic carbocycles. The molecule has 1 amide bonds. The normalized spacial score (nSPS) is 19.1. The number of rotatable bonds is 3. The molecule has 2 heterocycles. The summed E-state index contributed by atoms with van der Waals surface area (Å²) in [4.78, 5) is 14.7. The number of furan rings is 1. The highest BCUT2D eigenvalue weighted by atomic mass is 16.3. The highest BCUT2D eigenvalue weighted by molar-refractivity contribution is 5.98. The van der Waals surface area contributed by atoms with Crippen LogP contribution >= 0.6 is 0 Å². The predicted octanol–water partition coefficient (Wildman–Crippen LogP) is 2.81. The van der Waals surface area contributed by atoms with Gasteiger partial charge in [0.15, 0.2) is 5.76 Å². The summed E-state index contributed by atoms with van der Waals surface area (Å²) in [6, 6.07) is 7.83. The number of nitrogens with zero attached hydrogens (tertiary/aromatic N) is 1. The molecule has 1 N–H and O–H groups in total. The summed E-state index contributed by atoms with van der Waals surface area (Å²) in [5.74, 6) is 1.07. The Balaban J connectivity index is 1.84. The lowest BCUT2D eigenvalue weighted by Crippen LogP contribution is -2.42. The molecule has 1 unspecified atom stereocenters. The molecule has 1 aromatic carbocycles. The predicted molar refractivity (Wildman–Crippen MR) is 83.5 cm³/mol. The van der Waals surface area contributed by atoms with E-state index in [1.54, 1.807) is 0 Å². The average molecular weight is 286 g/mol. The summed E-state index contributed by atoms with van der Waals surface area (Å²) in [5, 5.41) is 4.24. The van der Waals surface area contributed by atoms with Crippen LogP contribution < -0.4 is 5.32 Å². The van der Waals surface area contributed by atoms with Gasteiger partial charge in [0.2, 0.25) is 0 Å². The quantitative estimate of drug-likeness (QED) is 0.943. The first-order valence-corrected chi connectivity index (χ1v) is 7.62. The van der Waals surface area contributed by atoms with Gasteiger partial charge in [-0.05, 0) is 45.3 Å². The van der Waals surface area contributed by atoms with Crippen molar-refractivity contribution in [2.24, 2.45) is 5.92 Å². The van der Waals surface area contributed by atoms with Crippen molar-refractivity contribution in [1.82, 2.24) is 10.2 Å². The zero-order chi connectivity index (χ0) is 14.8. The van der Waals surface area contributed by atoms with Crippen LogP contribution in [0.2, 0.25) is 0 Å². The molecule has 112 valence electrons. The van der Waals surface area contributed by atoms with Crippen molar-refractivity contribution in [1.29, 1.82) is 0 Å². The number of nitrogens with one attached hydrogen (secondary N) is 1. The number of para-hydroxylation sites is 1. The number of carbonyl (C=O) groups excluding carboxylic acids is 1. The Bertz CT molecular complexity index is 645. The monoisotopic (exact) mass is 286 g/mol. The largest absolute Gasteiger partial charge is 0.451 e. The van der Waals surface area contributed by atoms with E-state index < -0.39 is 0 Å². The molecule has 2 aromatic rings. The van der Waals surface area contributed by atoms with Gasteiger partial charge in [-0.25, -0.2) is 0 Å². The number of amides is 1. The van der Waals surface area contributed by atoms with Gasteiger partial charge < -0.3 is 14.6 Å². The average Bonchev–Trinajstić information content (AvgIpc) is 2.85. The molecule has 4 heteroatoms. The number of carbonyl (C=O) groups is 1. The van der Waals surface area contributed by atoms with Crippen LogP contribution in [-0.2, 0) is 0 Å². The van der Waals surface area contributed by atoms with E-state index in [2.05, 4.69) is 5.32 Å². The molecular weight excluding hydrogens is 264 g/mol. The molecule has 0 bridgehead atoms. The highest BCUT2D eigenvalue weighted by Crippen LogP contribution is 2.27. The lowest BCUT2D eigenvalue weighted by Gasteiger charge is -2.32. The maximum Gasteiger partial charge on any atom is 0.289 e. The molecule has 1 saturated heterocycles. The third-order valence-corrected chi connectivity index (χ3v) is 4.34. The molecule has 0 radical (unpaired) electrons. The zero-order valence-electron chi connectivity index (χ0n) is 12.7. The Morgan fingerprint density at radius 2 is 2.24 bits per heavy atom. The molecule has 0 saturated carbocycles. The maximum atomic E-state index is 12.8. The van der Waals surface area contributed by atoms with Gasteiger partial charge in [0, 0.05) is 24.0 Å². The Morgan fingerprint density at radius 1 is 1.43 bits per heavy atom. The Labute approximate surface area is 125 Å². The number of piperidine rings is 1. The van der Waals surface area contributed by atoms with Gasteiger partial charge in [-0.15, -0.1) is 0 Å². The van der Waals surface area contributed by atoms with E-state index in [-0.39, 0.29) is 5.91 Å². The number of hydrogen-bond donors (Lipinski definition) is 1. The van der Waals surface area contributed by atoms with E-state index in [0.29, 0.717) is 11.7 Å². The molecule has 4 nitrogen and oxygen atoms in total. The molecule has 1 aliphatic heterocycles. The van der Waals surface area contributed by atoms with Gasteiger partial charge in [0.05, 0.1) is 0 Å². The number of likely N-dealkylation sites (tertiary alicyclic amines) is 1. The van der Waals surface area contributed by atoms with Crippen molar-refractivity contribution in [2.75, 3.05) is 26.7 Å². The van der Waals surface area contributed by atoms with Crippen molar-refractivity contribution in [3.63, 3.8) is 0 Å². The standard InChI is InChI=1S/C17H22N2O2/c1-12-14-7-3-4-8-15(14)21-16(12)17(20)19-9-5-6-13(11-19)10-18-2/h3-4,7-8,13,18H,5-6,9-11H2,1-2H3. The number of hydrogen-bond acceptors (Lipinski definition) is 3. The van der Waals surface area contributed by atoms with E-state index in [1.807, 2.05) is 43.1 Å². The fourth-order valence-corrected chi connectivity index (χ4v) is 3.23. The topological polar surface area (TPSA) is 45.5 Å². The molecule has 3 rings (SSSR count). The van der Waals surface area contributed by atoms with Crippen molar-refractivity contribution < 1.29 is 9.21 Å². The van der Waals surface area contributed by atoms with Crippen LogP contribution in [-0.4, -0.2) is 37.5 Å². The van der Waals surface area contributed by atoms with Crippen molar-refractivity contribution in [3.8, 4) is 0 Å². The Kier molecular flexibility index (Phi) is 3.97. The van der Waals surface area contributed by atoms with Crippen LogP contribution in [0.4, 0.5) is 0 Å². The fraction of sp³-hybridized carbons (Fsp3) is 0.471. The summed E-state index contributed by atoms with van der Waals surface area (Å²) in [6.07, 6.45) is 2.25. The minimum absolute atomic E-state index is 0.0319. The molecule has 21 heavy (non-hydrogen) atoms. The minimum Gasteiger partial charge on any atom is -0.451 e. The second-order valence-electron chi connectivity index (χ2n) is 5.87.